The normalized spacial score (nSPS) is 13.1. The lowest BCUT2D eigenvalue weighted by Crippen LogP contribution is -2.06. The van der Waals surface area contributed by atoms with Gasteiger partial charge in [-0.1, -0.05) is 72.4 Å². The van der Waals surface area contributed by atoms with Gasteiger partial charge >= 0.3 is 22.4 Å². The van der Waals surface area contributed by atoms with Crippen molar-refractivity contribution < 1.29 is 49.9 Å². The number of benzene rings is 3. The number of phosphoric acid groups is 2. The SMILES string of the molecule is CCOP(=O)(OCC)Oc1ccccc1/C=C/C(=N\N=C(/SCc1ccccc1)SP(=O)(OCC)OCC)c1ccccc1OP(=O)(OCC)OCC. The van der Waals surface area contributed by atoms with E-state index in [0.717, 1.165) is 16.9 Å². The van der Waals surface area contributed by atoms with Gasteiger partial charge in [0.25, 0.3) is 0 Å². The van der Waals surface area contributed by atoms with Gasteiger partial charge in [0.15, 0.2) is 4.38 Å². The minimum absolute atomic E-state index is 0.0770. The minimum Gasteiger partial charge on any atom is -0.403 e. The number of hydrogen-bond donors (Lipinski definition) is 0. The topological polar surface area (TPSA) is 150 Å². The molecule has 0 bridgehead atoms. The zero-order valence-electron chi connectivity index (χ0n) is 30.7. The molecule has 0 aliphatic heterocycles. The van der Waals surface area contributed by atoms with Crippen LogP contribution in [0.2, 0.25) is 0 Å². The molecule has 0 saturated carbocycles. The van der Waals surface area contributed by atoms with E-state index in [0.29, 0.717) is 21.3 Å². The van der Waals surface area contributed by atoms with Crippen molar-refractivity contribution in [1.29, 1.82) is 0 Å². The fourth-order valence-electron chi connectivity index (χ4n) is 4.25. The molecule has 0 saturated heterocycles. The molecule has 0 heterocycles. The molecular formula is C35H47N2O11P3S2. The summed E-state index contributed by atoms with van der Waals surface area (Å²) in [6, 6.07) is 23.3. The van der Waals surface area contributed by atoms with Crippen molar-refractivity contribution >= 4 is 61.8 Å². The second-order valence-corrected chi connectivity index (χ2v) is 18.4. The van der Waals surface area contributed by atoms with E-state index in [4.69, 9.17) is 36.2 Å². The van der Waals surface area contributed by atoms with Gasteiger partial charge in [0, 0.05) is 28.3 Å². The van der Waals surface area contributed by atoms with Crippen LogP contribution in [0.1, 0.15) is 58.2 Å². The lowest BCUT2D eigenvalue weighted by Gasteiger charge is -2.19. The summed E-state index contributed by atoms with van der Waals surface area (Å²) in [5.74, 6) is 0.850. The van der Waals surface area contributed by atoms with E-state index in [9.17, 15) is 13.7 Å². The zero-order valence-corrected chi connectivity index (χ0v) is 35.0. The number of para-hydroxylation sites is 2. The van der Waals surface area contributed by atoms with Crippen molar-refractivity contribution in [2.24, 2.45) is 10.2 Å². The second-order valence-electron chi connectivity index (χ2n) is 10.1. The Morgan fingerprint density at radius 2 is 1.09 bits per heavy atom. The van der Waals surface area contributed by atoms with Gasteiger partial charge in [-0.15, -0.1) is 10.2 Å². The van der Waals surface area contributed by atoms with Crippen LogP contribution in [0, 0.1) is 0 Å². The minimum atomic E-state index is -4.03. The van der Waals surface area contributed by atoms with E-state index >= 15 is 0 Å². The van der Waals surface area contributed by atoms with Gasteiger partial charge in [-0.25, -0.2) is 13.7 Å². The maximum atomic E-state index is 13.7. The number of hydrogen-bond acceptors (Lipinski definition) is 15. The highest BCUT2D eigenvalue weighted by Gasteiger charge is 2.31. The highest BCUT2D eigenvalue weighted by molar-refractivity contribution is 8.69. The highest BCUT2D eigenvalue weighted by atomic mass is 32.7. The van der Waals surface area contributed by atoms with E-state index in [1.165, 1.54) is 11.8 Å². The largest absolute Gasteiger partial charge is 0.530 e. The summed E-state index contributed by atoms with van der Waals surface area (Å²) in [5.41, 5.74) is 2.11. The third kappa shape index (κ3) is 15.3. The van der Waals surface area contributed by atoms with Crippen LogP contribution in [0.5, 0.6) is 11.5 Å². The predicted molar refractivity (Wildman–Crippen MR) is 215 cm³/mol. The fourth-order valence-corrected chi connectivity index (χ4v) is 11.7. The molecule has 13 nitrogen and oxygen atoms in total. The molecule has 0 atom stereocenters. The Bertz CT molecular complexity index is 1780. The standard InChI is InChI=1S/C35H47N2O11P3S2/c1-7-41-49(38,42-8-2)47-33-24-18-16-22-30(33)26-27-32(31-23-17-19-25-34(31)48-50(39,43-9-3)44-10-4)36-37-35(52-28-29-20-14-13-15-21-29)53-51(40,45-11-5)46-12-6/h13-27H,7-12,28H2,1-6H3/b27-26+,36-32+,37-35+. The van der Waals surface area contributed by atoms with Crippen molar-refractivity contribution in [3.63, 3.8) is 0 Å². The van der Waals surface area contributed by atoms with Crippen molar-refractivity contribution in [1.82, 2.24) is 0 Å². The molecule has 290 valence electrons. The maximum absolute atomic E-state index is 13.7. The molecule has 3 aromatic carbocycles. The molecule has 3 rings (SSSR count). The predicted octanol–water partition coefficient (Wildman–Crippen LogP) is 11.4. The monoisotopic (exact) mass is 828 g/mol. The van der Waals surface area contributed by atoms with Crippen LogP contribution in [0.25, 0.3) is 6.08 Å². The molecule has 0 aliphatic carbocycles. The first kappa shape index (κ1) is 44.9. The number of rotatable bonds is 23. The van der Waals surface area contributed by atoms with Crippen molar-refractivity contribution in [3.8, 4) is 11.5 Å². The molecule has 0 spiro atoms. The second kappa shape index (κ2) is 23.4. The first-order valence-corrected chi connectivity index (χ1v) is 23.9. The summed E-state index contributed by atoms with van der Waals surface area (Å²) in [6.45, 7) is 7.20. The summed E-state index contributed by atoms with van der Waals surface area (Å²) in [5, 5.41) is 9.18. The summed E-state index contributed by atoms with van der Waals surface area (Å²) >= 11 is 2.16. The average Bonchev–Trinajstić information content (AvgIpc) is 3.12. The Hall–Kier alpha value is -2.51. The first-order chi connectivity index (χ1) is 25.5. The van der Waals surface area contributed by atoms with Gasteiger partial charge in [0.05, 0.1) is 45.4 Å². The van der Waals surface area contributed by atoms with E-state index in [2.05, 4.69) is 10.2 Å². The van der Waals surface area contributed by atoms with Crippen LogP contribution in [0.15, 0.2) is 95.1 Å². The van der Waals surface area contributed by atoms with Crippen molar-refractivity contribution in [2.75, 3.05) is 39.6 Å². The summed E-state index contributed by atoms with van der Waals surface area (Å²) < 4.78 is 85.1. The Morgan fingerprint density at radius 1 is 0.604 bits per heavy atom. The lowest BCUT2D eigenvalue weighted by atomic mass is 10.1. The molecule has 0 amide bonds. The van der Waals surface area contributed by atoms with Gasteiger partial charge in [-0.3, -0.25) is 18.1 Å². The van der Waals surface area contributed by atoms with E-state index < -0.39 is 22.4 Å². The van der Waals surface area contributed by atoms with Gasteiger partial charge < -0.3 is 18.1 Å². The van der Waals surface area contributed by atoms with Crippen molar-refractivity contribution in [3.05, 3.63) is 102 Å². The molecule has 0 aromatic heterocycles. The van der Waals surface area contributed by atoms with Gasteiger partial charge in [-0.2, -0.15) is 0 Å². The summed E-state index contributed by atoms with van der Waals surface area (Å²) in [6.07, 6.45) is 3.30. The molecule has 0 N–H and O–H groups in total. The molecule has 0 radical (unpaired) electrons. The third-order valence-electron chi connectivity index (χ3n) is 6.28. The van der Waals surface area contributed by atoms with E-state index in [1.807, 2.05) is 30.3 Å². The molecule has 0 fully saturated rings. The maximum Gasteiger partial charge on any atom is 0.530 e. The van der Waals surface area contributed by atoms with E-state index in [1.54, 1.807) is 102 Å². The molecule has 18 heteroatoms. The number of thioether (sulfide) groups is 1. The zero-order chi connectivity index (χ0) is 38.6. The number of nitrogens with zero attached hydrogens (tertiary/aromatic N) is 2. The smallest absolute Gasteiger partial charge is 0.403 e. The van der Waals surface area contributed by atoms with Gasteiger partial charge in [-0.05, 0) is 77.5 Å². The summed E-state index contributed by atoms with van der Waals surface area (Å²) in [7, 11) is -7.96. The van der Waals surface area contributed by atoms with Gasteiger partial charge in [0.1, 0.15) is 11.5 Å². The van der Waals surface area contributed by atoms with Crippen LogP contribution in [-0.4, -0.2) is 49.7 Å². The Balaban J connectivity index is 2.21. The fraction of sp³-hybridized carbons (Fsp3) is 0.371. The average molecular weight is 829 g/mol. The molecular weight excluding hydrogens is 781 g/mol. The number of allylic oxidation sites excluding steroid dienone is 1. The Kier molecular flexibility index (Phi) is 19.8. The first-order valence-electron chi connectivity index (χ1n) is 17.0. The quantitative estimate of drug-likeness (QED) is 0.0386. The molecule has 0 aliphatic rings. The molecule has 3 aromatic rings. The van der Waals surface area contributed by atoms with Crippen molar-refractivity contribution in [2.45, 2.75) is 47.3 Å². The molecule has 53 heavy (non-hydrogen) atoms. The highest BCUT2D eigenvalue weighted by Crippen LogP contribution is 2.62. The number of phosphoric ester groups is 2. The van der Waals surface area contributed by atoms with Gasteiger partial charge in [0.2, 0.25) is 0 Å². The van der Waals surface area contributed by atoms with Crippen LogP contribution in [-0.2, 0) is 46.6 Å². The Labute approximate surface area is 320 Å². The Morgan fingerprint density at radius 3 is 1.66 bits per heavy atom. The van der Waals surface area contributed by atoms with Crippen LogP contribution in [0.3, 0.4) is 0 Å². The van der Waals surface area contributed by atoms with E-state index in [-0.39, 0.29) is 56.9 Å². The summed E-state index contributed by atoms with van der Waals surface area (Å²) in [4.78, 5) is 0. The van der Waals surface area contributed by atoms with Crippen LogP contribution >= 0.6 is 45.6 Å². The van der Waals surface area contributed by atoms with Crippen LogP contribution in [0.4, 0.5) is 0 Å². The molecule has 0 unspecified atom stereocenters. The third-order valence-corrected chi connectivity index (χ3v) is 14.6. The lowest BCUT2D eigenvalue weighted by molar-refractivity contribution is 0.166. The van der Waals surface area contributed by atoms with Crippen LogP contribution < -0.4 is 9.05 Å².